The number of hydrogen-bond acceptors (Lipinski definition) is 6. The molecule has 0 amide bonds. The van der Waals surface area contributed by atoms with Crippen molar-refractivity contribution in [2.24, 2.45) is 0 Å². The summed E-state index contributed by atoms with van der Waals surface area (Å²) in [7, 11) is -3.77. The molecule has 0 fully saturated rings. The molecule has 0 radical (unpaired) electrons. The predicted molar refractivity (Wildman–Crippen MR) is 74.4 cm³/mol. The second kappa shape index (κ2) is 5.31. The van der Waals surface area contributed by atoms with E-state index in [9.17, 15) is 13.2 Å². The molecule has 1 aromatic heterocycles. The lowest BCUT2D eigenvalue weighted by atomic mass is 10.2. The van der Waals surface area contributed by atoms with Gasteiger partial charge in [0.2, 0.25) is 0 Å². The minimum Gasteiger partial charge on any atom is -0.391 e. The van der Waals surface area contributed by atoms with E-state index in [1.807, 2.05) is 6.92 Å². The van der Waals surface area contributed by atoms with E-state index in [1.54, 1.807) is 12.1 Å². The van der Waals surface area contributed by atoms with Crippen LogP contribution in [0.3, 0.4) is 0 Å². The van der Waals surface area contributed by atoms with Crippen LogP contribution in [0.15, 0.2) is 40.3 Å². The Hall–Kier alpha value is -2.39. The van der Waals surface area contributed by atoms with Crippen LogP contribution in [-0.4, -0.2) is 18.4 Å². The largest absolute Gasteiger partial charge is 0.391 e. The number of H-pyrrole nitrogens is 1. The van der Waals surface area contributed by atoms with Gasteiger partial charge in [-0.15, -0.1) is 4.83 Å². The summed E-state index contributed by atoms with van der Waals surface area (Å²) in [6, 6.07) is 6.28. The number of aryl methyl sites for hydroxylation is 1. The summed E-state index contributed by atoms with van der Waals surface area (Å²) in [6.07, 6.45) is 1.11. The summed E-state index contributed by atoms with van der Waals surface area (Å²) in [5.41, 5.74) is 7.95. The lowest BCUT2D eigenvalue weighted by molar-refractivity contribution is 0.587. The van der Waals surface area contributed by atoms with Crippen molar-refractivity contribution < 1.29 is 8.42 Å². The first kappa shape index (κ1) is 14.0. The highest BCUT2D eigenvalue weighted by Gasteiger charge is 2.14. The number of rotatable bonds is 4. The number of nitrogen functional groups attached to an aromatic ring is 1. The van der Waals surface area contributed by atoms with E-state index < -0.39 is 15.6 Å². The lowest BCUT2D eigenvalue weighted by Gasteiger charge is -2.09. The third-order valence-electron chi connectivity index (χ3n) is 2.52. The van der Waals surface area contributed by atoms with Crippen molar-refractivity contribution in [2.45, 2.75) is 11.8 Å². The van der Waals surface area contributed by atoms with Crippen LogP contribution < -0.4 is 21.5 Å². The number of anilines is 2. The first-order valence-corrected chi connectivity index (χ1v) is 7.06. The van der Waals surface area contributed by atoms with Gasteiger partial charge in [-0.2, -0.15) is 0 Å². The van der Waals surface area contributed by atoms with Gasteiger partial charge in [0.15, 0.2) is 5.82 Å². The Morgan fingerprint density at radius 3 is 2.55 bits per heavy atom. The fourth-order valence-electron chi connectivity index (χ4n) is 1.40. The summed E-state index contributed by atoms with van der Waals surface area (Å²) in [4.78, 5) is 19.4. The fraction of sp³-hybridized carbons (Fsp3) is 0.0909. The minimum atomic E-state index is -3.77. The molecule has 0 unspecified atom stereocenters. The molecule has 0 atom stereocenters. The lowest BCUT2D eigenvalue weighted by Crippen LogP contribution is -2.31. The second-order valence-corrected chi connectivity index (χ2v) is 5.72. The van der Waals surface area contributed by atoms with E-state index in [0.717, 1.165) is 11.9 Å². The third kappa shape index (κ3) is 2.95. The summed E-state index contributed by atoms with van der Waals surface area (Å²) in [6.45, 7) is 1.85. The molecule has 1 heterocycles. The first-order chi connectivity index (χ1) is 9.40. The number of nitrogens with two attached hydrogens (primary N) is 1. The Kier molecular flexibility index (Phi) is 3.72. The molecule has 0 saturated heterocycles. The molecule has 9 heteroatoms. The highest BCUT2D eigenvalue weighted by molar-refractivity contribution is 7.89. The Labute approximate surface area is 115 Å². The average Bonchev–Trinajstić information content (AvgIpc) is 2.41. The van der Waals surface area contributed by atoms with Crippen molar-refractivity contribution >= 4 is 21.5 Å². The third-order valence-corrected chi connectivity index (χ3v) is 3.79. The molecule has 5 N–H and O–H groups in total. The highest BCUT2D eigenvalue weighted by Crippen LogP contribution is 2.11. The summed E-state index contributed by atoms with van der Waals surface area (Å²) in [5.74, 6) is -0.0653. The number of nitrogens with one attached hydrogen (secondary N) is 3. The average molecular weight is 295 g/mol. The number of nitrogens with zero attached hydrogens (tertiary/aromatic N) is 1. The zero-order valence-electron chi connectivity index (χ0n) is 10.5. The monoisotopic (exact) mass is 295 g/mol. The highest BCUT2D eigenvalue weighted by atomic mass is 32.2. The quantitative estimate of drug-likeness (QED) is 0.586. The van der Waals surface area contributed by atoms with Gasteiger partial charge in [0.05, 0.1) is 11.2 Å². The molecular weight excluding hydrogens is 282 g/mol. The molecule has 0 aliphatic carbocycles. The first-order valence-electron chi connectivity index (χ1n) is 5.58. The van der Waals surface area contributed by atoms with E-state index in [-0.39, 0.29) is 16.4 Å². The molecule has 106 valence electrons. The molecule has 2 aromatic rings. The van der Waals surface area contributed by atoms with E-state index in [2.05, 4.69) is 20.2 Å². The van der Waals surface area contributed by atoms with Crippen LogP contribution in [0.5, 0.6) is 0 Å². The van der Waals surface area contributed by atoms with Gasteiger partial charge in [-0.1, -0.05) is 17.7 Å². The van der Waals surface area contributed by atoms with Crippen LogP contribution in [0.4, 0.5) is 11.5 Å². The maximum Gasteiger partial charge on any atom is 0.276 e. The smallest absolute Gasteiger partial charge is 0.276 e. The van der Waals surface area contributed by atoms with Gasteiger partial charge >= 0.3 is 0 Å². The minimum absolute atomic E-state index is 0.0653. The van der Waals surface area contributed by atoms with Gasteiger partial charge in [-0.05, 0) is 19.1 Å². The number of hydrogen-bond donors (Lipinski definition) is 4. The van der Waals surface area contributed by atoms with Crippen LogP contribution in [0.1, 0.15) is 5.56 Å². The molecule has 0 saturated carbocycles. The zero-order chi connectivity index (χ0) is 14.8. The zero-order valence-corrected chi connectivity index (χ0v) is 11.4. The molecule has 0 aliphatic heterocycles. The SMILES string of the molecule is Cc1ccc(S(=O)(=O)NNc2nc[nH]c(=O)c2N)cc1. The molecule has 0 aliphatic rings. The van der Waals surface area contributed by atoms with E-state index in [1.165, 1.54) is 12.1 Å². The van der Waals surface area contributed by atoms with E-state index >= 15 is 0 Å². The molecule has 1 aromatic carbocycles. The topological polar surface area (TPSA) is 130 Å². The van der Waals surface area contributed by atoms with Gasteiger partial charge in [0.25, 0.3) is 15.6 Å². The van der Waals surface area contributed by atoms with Crippen LogP contribution in [0.25, 0.3) is 0 Å². The van der Waals surface area contributed by atoms with Crippen molar-refractivity contribution in [1.82, 2.24) is 14.8 Å². The van der Waals surface area contributed by atoms with E-state index in [0.29, 0.717) is 0 Å². The number of benzene rings is 1. The van der Waals surface area contributed by atoms with Crippen LogP contribution in [0, 0.1) is 6.92 Å². The van der Waals surface area contributed by atoms with Crippen LogP contribution >= 0.6 is 0 Å². The van der Waals surface area contributed by atoms with E-state index in [4.69, 9.17) is 5.73 Å². The Morgan fingerprint density at radius 2 is 1.90 bits per heavy atom. The second-order valence-electron chi connectivity index (χ2n) is 4.04. The van der Waals surface area contributed by atoms with Gasteiger partial charge in [-0.25, -0.2) is 13.4 Å². The predicted octanol–water partition coefficient (Wildman–Crippen LogP) is -0.0341. The number of aromatic amines is 1. The fourth-order valence-corrected chi connectivity index (χ4v) is 2.25. The van der Waals surface area contributed by atoms with Crippen LogP contribution in [-0.2, 0) is 10.0 Å². The number of hydrazine groups is 1. The molecular formula is C11H13N5O3S. The Bertz CT molecular complexity index is 767. The van der Waals surface area contributed by atoms with Crippen molar-refractivity contribution in [3.05, 3.63) is 46.5 Å². The molecule has 2 rings (SSSR count). The van der Waals surface area contributed by atoms with Gasteiger partial charge in [-0.3, -0.25) is 10.2 Å². The normalized spacial score (nSPS) is 11.2. The van der Waals surface area contributed by atoms with Crippen LogP contribution in [0.2, 0.25) is 0 Å². The maximum atomic E-state index is 12.0. The van der Waals surface area contributed by atoms with Crippen molar-refractivity contribution in [1.29, 1.82) is 0 Å². The number of sulfonamides is 1. The van der Waals surface area contributed by atoms with Gasteiger partial charge in [0, 0.05) is 0 Å². The summed E-state index contributed by atoms with van der Waals surface area (Å²) in [5, 5.41) is 0. The van der Waals surface area contributed by atoms with Crippen molar-refractivity contribution in [3.63, 3.8) is 0 Å². The maximum absolute atomic E-state index is 12.0. The molecule has 20 heavy (non-hydrogen) atoms. The standard InChI is InChI=1S/C11H13N5O3S/c1-7-2-4-8(5-3-7)20(18,19)16-15-10-9(12)11(17)14-6-13-10/h2-6,16H,12H2,1H3,(H2,13,14,15,17). The summed E-state index contributed by atoms with van der Waals surface area (Å²) >= 11 is 0. The van der Waals surface area contributed by atoms with Crippen molar-refractivity contribution in [2.75, 3.05) is 11.2 Å². The molecule has 8 nitrogen and oxygen atoms in total. The Morgan fingerprint density at radius 1 is 1.25 bits per heavy atom. The number of aromatic nitrogens is 2. The van der Waals surface area contributed by atoms with Gasteiger partial charge in [0.1, 0.15) is 5.69 Å². The Balaban J connectivity index is 2.19. The molecule has 0 bridgehead atoms. The van der Waals surface area contributed by atoms with Gasteiger partial charge < -0.3 is 10.7 Å². The molecule has 0 spiro atoms. The van der Waals surface area contributed by atoms with Crippen molar-refractivity contribution in [3.8, 4) is 0 Å². The summed E-state index contributed by atoms with van der Waals surface area (Å²) < 4.78 is 24.0.